The smallest absolute Gasteiger partial charge is 0.287 e. The number of H-pyrrole nitrogens is 1. The molecular weight excluding hydrogens is 407 g/mol. The molecule has 31 heavy (non-hydrogen) atoms. The van der Waals surface area contributed by atoms with Gasteiger partial charge in [0.2, 0.25) is 5.82 Å². The predicted octanol–water partition coefficient (Wildman–Crippen LogP) is 4.22. The summed E-state index contributed by atoms with van der Waals surface area (Å²) in [5, 5.41) is 0. The quantitative estimate of drug-likeness (QED) is 0.531. The summed E-state index contributed by atoms with van der Waals surface area (Å²) in [5.74, 6) is -2.06. The number of aryl methyl sites for hydroxylation is 1. The van der Waals surface area contributed by atoms with Crippen LogP contribution >= 0.6 is 0 Å². The van der Waals surface area contributed by atoms with Gasteiger partial charge in [0.1, 0.15) is 17.3 Å². The van der Waals surface area contributed by atoms with E-state index in [9.17, 15) is 18.0 Å². The van der Waals surface area contributed by atoms with Gasteiger partial charge in [0.15, 0.2) is 11.5 Å². The summed E-state index contributed by atoms with van der Waals surface area (Å²) in [6.45, 7) is 5.15. The highest BCUT2D eigenvalue weighted by molar-refractivity contribution is 5.66. The first kappa shape index (κ1) is 20.5. The Morgan fingerprint density at radius 1 is 1.23 bits per heavy atom. The van der Waals surface area contributed by atoms with Gasteiger partial charge in [-0.2, -0.15) is 4.39 Å². The molecule has 158 valence electrons. The first-order valence-corrected chi connectivity index (χ1v) is 9.49. The van der Waals surface area contributed by atoms with Crippen LogP contribution in [0.25, 0.3) is 22.7 Å². The van der Waals surface area contributed by atoms with Crippen molar-refractivity contribution in [1.29, 1.82) is 0 Å². The molecule has 0 aliphatic heterocycles. The molecule has 0 saturated heterocycles. The molecule has 0 amide bonds. The number of rotatable bonds is 4. The fourth-order valence-electron chi connectivity index (χ4n) is 3.28. The second-order valence-corrected chi connectivity index (χ2v) is 7.11. The zero-order valence-corrected chi connectivity index (χ0v) is 17.0. The topological polar surface area (TPSA) is 75.9 Å². The number of aromatic nitrogens is 5. The molecule has 6 nitrogen and oxygen atoms in total. The van der Waals surface area contributed by atoms with Crippen molar-refractivity contribution >= 4 is 11.2 Å². The Hall–Kier alpha value is -3.75. The number of nitrogens with one attached hydrogen (secondary N) is 1. The van der Waals surface area contributed by atoms with Gasteiger partial charge in [-0.3, -0.25) is 9.20 Å². The number of fused-ring (bicyclic) bond motifs is 1. The average Bonchev–Trinajstić information content (AvgIpc) is 3.18. The molecule has 1 N–H and O–H groups in total. The molecule has 0 spiro atoms. The predicted molar refractivity (Wildman–Crippen MR) is 110 cm³/mol. The zero-order valence-electron chi connectivity index (χ0n) is 17.0. The number of hydrogen-bond acceptors (Lipinski definition) is 4. The molecule has 0 aliphatic rings. The van der Waals surface area contributed by atoms with Gasteiger partial charge in [0, 0.05) is 12.6 Å². The van der Waals surface area contributed by atoms with Crippen LogP contribution in [0.15, 0.2) is 41.5 Å². The monoisotopic (exact) mass is 425 g/mol. The van der Waals surface area contributed by atoms with Crippen LogP contribution in [-0.2, 0) is 6.42 Å². The van der Waals surface area contributed by atoms with Crippen molar-refractivity contribution < 1.29 is 13.2 Å². The Morgan fingerprint density at radius 2 is 2.00 bits per heavy atom. The minimum atomic E-state index is -0.972. The van der Waals surface area contributed by atoms with Gasteiger partial charge in [-0.05, 0) is 50.1 Å². The summed E-state index contributed by atoms with van der Waals surface area (Å²) in [4.78, 5) is 27.3. The molecule has 4 aromatic rings. The van der Waals surface area contributed by atoms with Crippen LogP contribution in [0.1, 0.15) is 36.5 Å². The van der Waals surface area contributed by atoms with E-state index in [1.54, 1.807) is 16.8 Å². The summed E-state index contributed by atoms with van der Waals surface area (Å²) in [6.07, 6.45) is 5.12. The molecule has 0 fully saturated rings. The van der Waals surface area contributed by atoms with E-state index in [1.165, 1.54) is 6.92 Å². The molecule has 4 rings (SSSR count). The molecule has 0 bridgehead atoms. The number of nitrogens with zero attached hydrogens (tertiary/aromatic N) is 4. The molecule has 1 aromatic carbocycles. The van der Waals surface area contributed by atoms with Crippen molar-refractivity contribution in [3.05, 3.63) is 87.1 Å². The van der Waals surface area contributed by atoms with Crippen molar-refractivity contribution in [2.75, 3.05) is 0 Å². The van der Waals surface area contributed by atoms with Gasteiger partial charge in [-0.15, -0.1) is 0 Å². The van der Waals surface area contributed by atoms with Crippen LogP contribution in [0, 0.1) is 24.4 Å². The molecule has 9 heteroatoms. The maximum atomic E-state index is 14.3. The third-order valence-electron chi connectivity index (χ3n) is 5.04. The normalized spacial score (nSPS) is 12.0. The van der Waals surface area contributed by atoms with E-state index < -0.39 is 23.0 Å². The Bertz CT molecular complexity index is 1400. The van der Waals surface area contributed by atoms with Crippen molar-refractivity contribution in [3.63, 3.8) is 0 Å². The van der Waals surface area contributed by atoms with Gasteiger partial charge in [0.05, 0.1) is 23.3 Å². The molecule has 3 aromatic heterocycles. The molecule has 0 saturated carbocycles. The van der Waals surface area contributed by atoms with E-state index in [0.717, 1.165) is 29.5 Å². The van der Waals surface area contributed by atoms with E-state index >= 15 is 0 Å². The molecule has 3 heterocycles. The van der Waals surface area contributed by atoms with Crippen molar-refractivity contribution in [2.24, 2.45) is 0 Å². The summed E-state index contributed by atoms with van der Waals surface area (Å²) in [7, 11) is 0. The van der Waals surface area contributed by atoms with Crippen molar-refractivity contribution in [3.8, 4) is 11.5 Å². The van der Waals surface area contributed by atoms with Crippen molar-refractivity contribution in [2.45, 2.75) is 27.2 Å². The van der Waals surface area contributed by atoms with Crippen LogP contribution in [0.2, 0.25) is 0 Å². The third-order valence-corrected chi connectivity index (χ3v) is 5.04. The van der Waals surface area contributed by atoms with E-state index in [1.807, 2.05) is 19.9 Å². The molecule has 0 unspecified atom stereocenters. The van der Waals surface area contributed by atoms with E-state index in [2.05, 4.69) is 19.9 Å². The van der Waals surface area contributed by atoms with Crippen LogP contribution in [0.5, 0.6) is 0 Å². The summed E-state index contributed by atoms with van der Waals surface area (Å²) in [6, 6.07) is 3.19. The second-order valence-electron chi connectivity index (χ2n) is 7.11. The van der Waals surface area contributed by atoms with E-state index in [0.29, 0.717) is 11.3 Å². The zero-order chi connectivity index (χ0) is 22.3. The minimum absolute atomic E-state index is 0.0450. The van der Waals surface area contributed by atoms with Crippen LogP contribution in [0.4, 0.5) is 13.2 Å². The largest absolute Gasteiger partial charge is 0.303 e. The number of aromatic amines is 1. The lowest BCUT2D eigenvalue weighted by atomic mass is 10.1. The SMILES string of the molecule is C/C=C(/C)c1cnc2c(Cc3cc(F)ccc3F)nc(-c3nc(C)c(F)c(=O)[nH]3)cn12. The van der Waals surface area contributed by atoms with Crippen molar-refractivity contribution in [1.82, 2.24) is 24.3 Å². The molecule has 0 aliphatic carbocycles. The number of hydrogen-bond donors (Lipinski definition) is 1. The fourth-order valence-corrected chi connectivity index (χ4v) is 3.28. The molecular formula is C22H18F3N5O. The first-order chi connectivity index (χ1) is 14.8. The highest BCUT2D eigenvalue weighted by atomic mass is 19.1. The Morgan fingerprint density at radius 3 is 2.71 bits per heavy atom. The van der Waals surface area contributed by atoms with Crippen LogP contribution < -0.4 is 5.56 Å². The highest BCUT2D eigenvalue weighted by Gasteiger charge is 2.18. The lowest BCUT2D eigenvalue weighted by Gasteiger charge is -2.10. The van der Waals surface area contributed by atoms with Gasteiger partial charge in [-0.25, -0.2) is 23.7 Å². The lowest BCUT2D eigenvalue weighted by Crippen LogP contribution is -2.16. The Kier molecular flexibility index (Phi) is 5.18. The number of imidazole rings is 1. The average molecular weight is 425 g/mol. The minimum Gasteiger partial charge on any atom is -0.303 e. The summed E-state index contributed by atoms with van der Waals surface area (Å²) in [5.41, 5.74) is 1.82. The number of halogens is 3. The maximum absolute atomic E-state index is 14.3. The van der Waals surface area contributed by atoms with Gasteiger partial charge < -0.3 is 4.98 Å². The van der Waals surface area contributed by atoms with Gasteiger partial charge in [0.25, 0.3) is 5.56 Å². The van der Waals surface area contributed by atoms with Gasteiger partial charge in [-0.1, -0.05) is 6.08 Å². The van der Waals surface area contributed by atoms with E-state index in [-0.39, 0.29) is 29.2 Å². The standard InChI is InChI=1S/C22H18F3N5O/c1-4-11(2)18-9-26-21-16(8-13-7-14(23)5-6-15(13)24)28-17(10-30(18)21)20-27-12(3)19(25)22(31)29-20/h4-7,9-10H,8H2,1-3H3,(H,27,29,31)/b11-4-. The maximum Gasteiger partial charge on any atom is 0.287 e. The lowest BCUT2D eigenvalue weighted by molar-refractivity contribution is 0.587. The number of allylic oxidation sites excluding steroid dienone is 2. The van der Waals surface area contributed by atoms with Crippen LogP contribution in [-0.4, -0.2) is 24.3 Å². The number of benzene rings is 1. The molecule has 0 radical (unpaired) electrons. The Balaban J connectivity index is 1.97. The molecule has 0 atom stereocenters. The summed E-state index contributed by atoms with van der Waals surface area (Å²) >= 11 is 0. The summed E-state index contributed by atoms with van der Waals surface area (Å²) < 4.78 is 43.5. The third kappa shape index (κ3) is 3.74. The highest BCUT2D eigenvalue weighted by Crippen LogP contribution is 2.24. The van der Waals surface area contributed by atoms with Crippen LogP contribution in [0.3, 0.4) is 0 Å². The van der Waals surface area contributed by atoms with E-state index in [4.69, 9.17) is 0 Å². The fraction of sp³-hybridized carbons (Fsp3) is 0.182. The van der Waals surface area contributed by atoms with Gasteiger partial charge >= 0.3 is 0 Å². The second kappa shape index (κ2) is 7.82. The first-order valence-electron chi connectivity index (χ1n) is 9.49. The Labute approximate surface area is 175 Å².